The molecule has 17 nitrogen and oxygen atoms in total. The maximum absolute atomic E-state index is 14.7. The first-order valence-corrected chi connectivity index (χ1v) is 21.6. The summed E-state index contributed by atoms with van der Waals surface area (Å²) in [4.78, 5) is 115. The van der Waals surface area contributed by atoms with Crippen molar-refractivity contribution in [2.24, 2.45) is 11.8 Å². The van der Waals surface area contributed by atoms with Crippen molar-refractivity contribution in [3.8, 4) is 0 Å². The van der Waals surface area contributed by atoms with E-state index in [1.54, 1.807) is 51.1 Å². The standard InChI is InChI=1S/C46H68N8O9/c1-26(2)22-36-45(62)53(10)35(25-33-20-16-13-17-21-33)42(59)47-28(5)23-37(56)50-38(27(3)4)43(60)48-29(6)40(57)51-39(31(8)55)46(63)52(9)30(7)41(58)49-34(44(61)54(36)11)24-32-18-14-12-15-19-32/h12-21,26-31,34-36,38-39,55H,22-25H2,1-11H3,(H,47,59)(H,48,60)(H,49,58)(H,50,56)(H,51,57)/t28-,29+,30+,31-,34+,35+,36+,38-,39+/m1/s1. The number of hydrogen-bond acceptors (Lipinski definition) is 9. The number of nitrogens with zero attached hydrogens (tertiary/aromatic N) is 3. The number of carbonyl (C=O) groups excluding carboxylic acids is 8. The Hall–Kier alpha value is -5.84. The molecule has 346 valence electrons. The quantitative estimate of drug-likeness (QED) is 0.222. The molecule has 1 fully saturated rings. The number of likely N-dealkylation sites (N-methyl/N-ethyl adjacent to an activating group) is 3. The SMILES string of the molecule is CC(C)C[C@H]1C(=O)N(C)[C@@H](Cc2ccccc2)C(=O)N[C@H](C)CC(=O)N[C@H](C(C)C)C(=O)N[C@@H](C)C(=O)N[C@@H]([C@@H](C)O)C(=O)N(C)[C@@H](C)C(=O)N[C@@H](Cc2ccccc2)C(=O)N1C. The van der Waals surface area contributed by atoms with Crippen molar-refractivity contribution in [1.82, 2.24) is 41.3 Å². The van der Waals surface area contributed by atoms with E-state index >= 15 is 0 Å². The van der Waals surface area contributed by atoms with E-state index in [4.69, 9.17) is 0 Å². The molecule has 63 heavy (non-hydrogen) atoms. The predicted molar refractivity (Wildman–Crippen MR) is 237 cm³/mol. The van der Waals surface area contributed by atoms with Gasteiger partial charge in [-0.1, -0.05) is 88.4 Å². The highest BCUT2D eigenvalue weighted by molar-refractivity contribution is 5.98. The first kappa shape index (κ1) is 51.5. The van der Waals surface area contributed by atoms with Crippen LogP contribution in [-0.4, -0.2) is 143 Å². The molecule has 0 spiro atoms. The van der Waals surface area contributed by atoms with Gasteiger partial charge in [-0.05, 0) is 57.1 Å². The fraction of sp³-hybridized carbons (Fsp3) is 0.565. The average Bonchev–Trinajstić information content (AvgIpc) is 3.23. The molecule has 0 saturated carbocycles. The van der Waals surface area contributed by atoms with Gasteiger partial charge in [0.05, 0.1) is 6.10 Å². The van der Waals surface area contributed by atoms with E-state index in [9.17, 15) is 43.5 Å². The molecule has 0 radical (unpaired) electrons. The Labute approximate surface area is 371 Å². The van der Waals surface area contributed by atoms with Crippen molar-refractivity contribution in [3.05, 3.63) is 71.8 Å². The molecule has 1 aliphatic heterocycles. The number of nitrogens with one attached hydrogen (secondary N) is 5. The van der Waals surface area contributed by atoms with Crippen LogP contribution in [0.4, 0.5) is 0 Å². The van der Waals surface area contributed by atoms with Gasteiger partial charge in [-0.3, -0.25) is 38.4 Å². The summed E-state index contributed by atoms with van der Waals surface area (Å²) in [6, 6.07) is 8.81. The molecular formula is C46H68N8O9. The number of benzene rings is 2. The smallest absolute Gasteiger partial charge is 0.248 e. The Morgan fingerprint density at radius 1 is 0.571 bits per heavy atom. The topological polar surface area (TPSA) is 227 Å². The van der Waals surface area contributed by atoms with Crippen LogP contribution in [0.2, 0.25) is 0 Å². The molecule has 2 aromatic rings. The molecule has 9 atom stereocenters. The maximum atomic E-state index is 14.7. The monoisotopic (exact) mass is 877 g/mol. The van der Waals surface area contributed by atoms with Crippen LogP contribution in [0.3, 0.4) is 0 Å². The Kier molecular flexibility index (Phi) is 19.3. The Balaban J connectivity index is 2.15. The van der Waals surface area contributed by atoms with Gasteiger partial charge in [-0.2, -0.15) is 0 Å². The molecule has 0 unspecified atom stereocenters. The van der Waals surface area contributed by atoms with Crippen LogP contribution in [0.5, 0.6) is 0 Å². The van der Waals surface area contributed by atoms with Gasteiger partial charge in [0.2, 0.25) is 47.3 Å². The van der Waals surface area contributed by atoms with E-state index in [1.807, 2.05) is 44.2 Å². The zero-order valence-corrected chi connectivity index (χ0v) is 38.5. The van der Waals surface area contributed by atoms with Gasteiger partial charge in [-0.25, -0.2) is 0 Å². The van der Waals surface area contributed by atoms with Crippen molar-refractivity contribution in [2.45, 2.75) is 136 Å². The van der Waals surface area contributed by atoms with Gasteiger partial charge in [-0.15, -0.1) is 0 Å². The minimum absolute atomic E-state index is 0.0245. The van der Waals surface area contributed by atoms with Gasteiger partial charge in [0.15, 0.2) is 0 Å². The Morgan fingerprint density at radius 3 is 1.63 bits per heavy atom. The first-order chi connectivity index (χ1) is 29.5. The molecule has 17 heteroatoms. The van der Waals surface area contributed by atoms with Crippen molar-refractivity contribution >= 4 is 47.3 Å². The van der Waals surface area contributed by atoms with E-state index < -0.39 is 108 Å². The summed E-state index contributed by atoms with van der Waals surface area (Å²) in [5.41, 5.74) is 1.46. The lowest BCUT2D eigenvalue weighted by molar-refractivity contribution is -0.150. The van der Waals surface area contributed by atoms with Crippen molar-refractivity contribution < 1.29 is 43.5 Å². The fourth-order valence-corrected chi connectivity index (χ4v) is 7.30. The highest BCUT2D eigenvalue weighted by atomic mass is 16.3. The number of hydrogen-bond donors (Lipinski definition) is 6. The van der Waals surface area contributed by atoms with Crippen LogP contribution < -0.4 is 26.6 Å². The summed E-state index contributed by atoms with van der Waals surface area (Å²) in [6.07, 6.45) is -1.33. The lowest BCUT2D eigenvalue weighted by Crippen LogP contribution is -2.61. The Bertz CT molecular complexity index is 1910. The third kappa shape index (κ3) is 14.6. The molecule has 2 aromatic carbocycles. The lowest BCUT2D eigenvalue weighted by Gasteiger charge is -2.37. The number of amides is 8. The van der Waals surface area contributed by atoms with Crippen LogP contribution in [0, 0.1) is 11.8 Å². The zero-order valence-electron chi connectivity index (χ0n) is 38.5. The summed E-state index contributed by atoms with van der Waals surface area (Å²) >= 11 is 0. The van der Waals surface area contributed by atoms with Crippen molar-refractivity contribution in [3.63, 3.8) is 0 Å². The molecule has 0 bridgehead atoms. The van der Waals surface area contributed by atoms with Crippen LogP contribution in [0.1, 0.15) is 79.4 Å². The number of carbonyl (C=O) groups is 8. The van der Waals surface area contributed by atoms with Crippen molar-refractivity contribution in [1.29, 1.82) is 0 Å². The number of aliphatic hydroxyl groups excluding tert-OH is 1. The van der Waals surface area contributed by atoms with Crippen LogP contribution in [0.25, 0.3) is 0 Å². The normalized spacial score (nSPS) is 26.6. The first-order valence-electron chi connectivity index (χ1n) is 21.6. The maximum Gasteiger partial charge on any atom is 0.248 e. The average molecular weight is 877 g/mol. The van der Waals surface area contributed by atoms with Gasteiger partial charge in [0, 0.05) is 46.4 Å². The van der Waals surface area contributed by atoms with Crippen molar-refractivity contribution in [2.75, 3.05) is 21.1 Å². The lowest BCUT2D eigenvalue weighted by atomic mass is 9.97. The molecule has 8 amide bonds. The van der Waals surface area contributed by atoms with Gasteiger partial charge >= 0.3 is 0 Å². The molecule has 1 saturated heterocycles. The zero-order chi connectivity index (χ0) is 47.3. The molecule has 1 heterocycles. The molecule has 1 aliphatic rings. The second kappa shape index (κ2) is 23.6. The minimum Gasteiger partial charge on any atom is -0.391 e. The predicted octanol–water partition coefficient (Wildman–Crippen LogP) is 0.923. The summed E-state index contributed by atoms with van der Waals surface area (Å²) in [6.45, 7) is 12.9. The highest BCUT2D eigenvalue weighted by Crippen LogP contribution is 2.19. The third-order valence-electron chi connectivity index (χ3n) is 11.3. The summed E-state index contributed by atoms with van der Waals surface area (Å²) in [5.74, 6) is -5.82. The van der Waals surface area contributed by atoms with E-state index in [0.29, 0.717) is 5.56 Å². The van der Waals surface area contributed by atoms with Crippen LogP contribution in [-0.2, 0) is 51.2 Å². The molecular weight excluding hydrogens is 809 g/mol. The van der Waals surface area contributed by atoms with Gasteiger partial charge < -0.3 is 46.4 Å². The van der Waals surface area contributed by atoms with E-state index in [2.05, 4.69) is 26.6 Å². The molecule has 6 N–H and O–H groups in total. The number of aliphatic hydroxyl groups is 1. The summed E-state index contributed by atoms with van der Waals surface area (Å²) < 4.78 is 0. The molecule has 3 rings (SSSR count). The van der Waals surface area contributed by atoms with Gasteiger partial charge in [0.1, 0.15) is 42.3 Å². The number of rotatable bonds is 8. The van der Waals surface area contributed by atoms with E-state index in [-0.39, 0.29) is 31.6 Å². The third-order valence-corrected chi connectivity index (χ3v) is 11.3. The minimum atomic E-state index is -1.54. The summed E-state index contributed by atoms with van der Waals surface area (Å²) in [5, 5.41) is 24.1. The van der Waals surface area contributed by atoms with Gasteiger partial charge in [0.25, 0.3) is 0 Å². The second-order valence-corrected chi connectivity index (χ2v) is 17.5. The van der Waals surface area contributed by atoms with E-state index in [1.165, 1.54) is 51.7 Å². The highest BCUT2D eigenvalue weighted by Gasteiger charge is 2.40. The molecule has 0 aliphatic carbocycles. The van der Waals surface area contributed by atoms with Crippen LogP contribution >= 0.6 is 0 Å². The fourth-order valence-electron chi connectivity index (χ4n) is 7.30. The Morgan fingerprint density at radius 2 is 1.11 bits per heavy atom. The molecule has 0 aromatic heterocycles. The largest absolute Gasteiger partial charge is 0.391 e. The van der Waals surface area contributed by atoms with E-state index in [0.717, 1.165) is 10.5 Å². The second-order valence-electron chi connectivity index (χ2n) is 17.5. The van der Waals surface area contributed by atoms with Crippen LogP contribution in [0.15, 0.2) is 60.7 Å². The summed E-state index contributed by atoms with van der Waals surface area (Å²) in [7, 11) is 4.29.